The number of hydrogen-bond acceptors (Lipinski definition) is 4. The Labute approximate surface area is 210 Å². The summed E-state index contributed by atoms with van der Waals surface area (Å²) in [6, 6.07) is 19.0. The van der Waals surface area contributed by atoms with Gasteiger partial charge in [0.15, 0.2) is 0 Å². The van der Waals surface area contributed by atoms with Gasteiger partial charge >= 0.3 is 0 Å². The van der Waals surface area contributed by atoms with Crippen molar-refractivity contribution in [2.45, 2.75) is 53.1 Å². The van der Waals surface area contributed by atoms with E-state index in [0.29, 0.717) is 17.6 Å². The molecular formula is C29H44N2O2S. The molecule has 34 heavy (non-hydrogen) atoms. The van der Waals surface area contributed by atoms with Crippen molar-refractivity contribution in [3.63, 3.8) is 0 Å². The van der Waals surface area contributed by atoms with Crippen LogP contribution in [0.4, 0.5) is 0 Å². The lowest BCUT2D eigenvalue weighted by molar-refractivity contribution is 0.368. The van der Waals surface area contributed by atoms with E-state index in [1.807, 2.05) is 12.1 Å². The van der Waals surface area contributed by atoms with Gasteiger partial charge in [0.1, 0.15) is 5.75 Å². The van der Waals surface area contributed by atoms with E-state index in [9.17, 15) is 4.21 Å². The number of nitrogens with one attached hydrogen (secondary N) is 2. The summed E-state index contributed by atoms with van der Waals surface area (Å²) < 4.78 is 17.9. The maximum Gasteiger partial charge on any atom is 0.119 e. The topological polar surface area (TPSA) is 50.4 Å². The lowest BCUT2D eigenvalue weighted by Crippen LogP contribution is -2.42. The zero-order valence-electron chi connectivity index (χ0n) is 21.7. The molecule has 0 aliphatic heterocycles. The van der Waals surface area contributed by atoms with Crippen molar-refractivity contribution in [3.05, 3.63) is 78.0 Å². The van der Waals surface area contributed by atoms with Crippen LogP contribution in [0.3, 0.4) is 0 Å². The second kappa shape index (κ2) is 15.0. The summed E-state index contributed by atoms with van der Waals surface area (Å²) in [7, 11) is 0.890. The largest absolute Gasteiger partial charge is 0.497 e. The number of benzene rings is 2. The van der Waals surface area contributed by atoms with Crippen LogP contribution in [0.15, 0.2) is 66.9 Å². The molecule has 0 fully saturated rings. The van der Waals surface area contributed by atoms with Gasteiger partial charge in [-0.15, -0.1) is 0 Å². The van der Waals surface area contributed by atoms with Gasteiger partial charge in [0.2, 0.25) is 0 Å². The molecule has 0 aliphatic carbocycles. The van der Waals surface area contributed by atoms with Crippen LogP contribution in [-0.2, 0) is 23.8 Å². The van der Waals surface area contributed by atoms with Crippen LogP contribution in [0, 0.1) is 17.8 Å². The van der Waals surface area contributed by atoms with Gasteiger partial charge in [0, 0.05) is 46.5 Å². The van der Waals surface area contributed by atoms with E-state index in [0.717, 1.165) is 43.1 Å². The van der Waals surface area contributed by atoms with Crippen LogP contribution < -0.4 is 15.4 Å². The molecule has 2 aromatic carbocycles. The summed E-state index contributed by atoms with van der Waals surface area (Å²) in [5.74, 6) is 3.45. The number of rotatable bonds is 16. The molecule has 2 unspecified atom stereocenters. The van der Waals surface area contributed by atoms with Crippen molar-refractivity contribution in [2.24, 2.45) is 17.8 Å². The predicted octanol–water partition coefficient (Wildman–Crippen LogP) is 5.57. The normalized spacial score (nSPS) is 14.9. The van der Waals surface area contributed by atoms with E-state index < -0.39 is 10.8 Å². The molecule has 0 saturated carbocycles. The average molecular weight is 485 g/mol. The summed E-state index contributed by atoms with van der Waals surface area (Å²) in [6.45, 7) is 14.8. The molecule has 0 radical (unpaired) electrons. The monoisotopic (exact) mass is 484 g/mol. The highest BCUT2D eigenvalue weighted by Gasteiger charge is 2.21. The quantitative estimate of drug-likeness (QED) is 0.327. The first-order chi connectivity index (χ1) is 16.3. The fourth-order valence-corrected chi connectivity index (χ4v) is 5.50. The SMILES string of the molecule is C=C(N[C@@H](Cc1ccccc1)[C@H](C)CNCc1cccc(OC)c1)C(C)CS(=O)CCC(C)C. The first kappa shape index (κ1) is 28.1. The van der Waals surface area contributed by atoms with Crippen molar-refractivity contribution >= 4 is 10.8 Å². The fourth-order valence-electron chi connectivity index (χ4n) is 3.84. The van der Waals surface area contributed by atoms with Crippen molar-refractivity contribution in [2.75, 3.05) is 25.2 Å². The zero-order valence-corrected chi connectivity index (χ0v) is 22.5. The number of methoxy groups -OCH3 is 1. The summed E-state index contributed by atoms with van der Waals surface area (Å²) in [5.41, 5.74) is 3.50. The second-order valence-electron chi connectivity index (χ2n) is 9.82. The summed E-state index contributed by atoms with van der Waals surface area (Å²) in [4.78, 5) is 0. The first-order valence-corrected chi connectivity index (χ1v) is 13.9. The summed E-state index contributed by atoms with van der Waals surface area (Å²) in [5, 5.41) is 7.32. The third kappa shape index (κ3) is 10.4. The Bertz CT molecular complexity index is 885. The predicted molar refractivity (Wildman–Crippen MR) is 147 cm³/mol. The molecule has 5 heteroatoms. The average Bonchev–Trinajstić information content (AvgIpc) is 2.83. The van der Waals surface area contributed by atoms with Crippen LogP contribution in [0.2, 0.25) is 0 Å². The highest BCUT2D eigenvalue weighted by molar-refractivity contribution is 7.84. The highest BCUT2D eigenvalue weighted by Crippen LogP contribution is 2.17. The van der Waals surface area contributed by atoms with Gasteiger partial charge < -0.3 is 15.4 Å². The van der Waals surface area contributed by atoms with Crippen LogP contribution in [-0.4, -0.2) is 35.4 Å². The van der Waals surface area contributed by atoms with Crippen molar-refractivity contribution in [1.29, 1.82) is 0 Å². The van der Waals surface area contributed by atoms with Crippen LogP contribution in [0.1, 0.15) is 45.2 Å². The summed E-state index contributed by atoms with van der Waals surface area (Å²) in [6.07, 6.45) is 1.93. The Morgan fingerprint density at radius 2 is 1.74 bits per heavy atom. The first-order valence-electron chi connectivity index (χ1n) is 12.5. The minimum absolute atomic E-state index is 0.170. The minimum Gasteiger partial charge on any atom is -0.497 e. The molecule has 0 saturated heterocycles. The lowest BCUT2D eigenvalue weighted by Gasteiger charge is -2.30. The van der Waals surface area contributed by atoms with Gasteiger partial charge in [-0.1, -0.05) is 76.7 Å². The number of hydrogen-bond donors (Lipinski definition) is 2. The summed E-state index contributed by atoms with van der Waals surface area (Å²) >= 11 is 0. The molecular weight excluding hydrogens is 440 g/mol. The third-order valence-corrected chi connectivity index (χ3v) is 7.80. The molecule has 2 N–H and O–H groups in total. The van der Waals surface area contributed by atoms with Crippen LogP contribution in [0.5, 0.6) is 5.75 Å². The molecule has 2 rings (SSSR count). The van der Waals surface area contributed by atoms with Crippen LogP contribution >= 0.6 is 0 Å². The fraction of sp³-hybridized carbons (Fsp3) is 0.517. The Kier molecular flexibility index (Phi) is 12.4. The number of ether oxygens (including phenoxy) is 1. The molecule has 0 amide bonds. The van der Waals surface area contributed by atoms with Crippen LogP contribution in [0.25, 0.3) is 0 Å². The van der Waals surface area contributed by atoms with Gasteiger partial charge in [-0.25, -0.2) is 0 Å². The van der Waals surface area contributed by atoms with E-state index in [1.165, 1.54) is 11.1 Å². The Morgan fingerprint density at radius 3 is 2.41 bits per heavy atom. The van der Waals surface area contributed by atoms with Gasteiger partial charge in [0.25, 0.3) is 0 Å². The molecule has 0 spiro atoms. The third-order valence-electron chi connectivity index (χ3n) is 6.24. The molecule has 4 atom stereocenters. The highest BCUT2D eigenvalue weighted by atomic mass is 32.2. The molecule has 0 aromatic heterocycles. The van der Waals surface area contributed by atoms with Gasteiger partial charge in [-0.2, -0.15) is 0 Å². The smallest absolute Gasteiger partial charge is 0.119 e. The Morgan fingerprint density at radius 1 is 1.03 bits per heavy atom. The van der Waals surface area contributed by atoms with E-state index in [1.54, 1.807) is 7.11 Å². The van der Waals surface area contributed by atoms with Gasteiger partial charge in [-0.3, -0.25) is 4.21 Å². The molecule has 0 heterocycles. The Balaban J connectivity index is 1.96. The number of allylic oxidation sites excluding steroid dienone is 1. The molecule has 188 valence electrons. The second-order valence-corrected chi connectivity index (χ2v) is 11.4. The van der Waals surface area contributed by atoms with E-state index >= 15 is 0 Å². The molecule has 4 nitrogen and oxygen atoms in total. The molecule has 2 aromatic rings. The minimum atomic E-state index is -0.807. The van der Waals surface area contributed by atoms with E-state index in [4.69, 9.17) is 4.74 Å². The standard InChI is InChI=1S/C29H44N2O2S/c1-22(2)15-16-34(32)21-24(4)25(5)31-29(18-26-11-8-7-9-12-26)23(3)19-30-20-27-13-10-14-28(17-27)33-6/h7-14,17,22-24,29-31H,5,15-16,18-21H2,1-4,6H3/t23-,24?,29+,34?/m1/s1. The Hall–Kier alpha value is -2.11. The molecule has 0 bridgehead atoms. The van der Waals surface area contributed by atoms with E-state index in [2.05, 4.69) is 87.4 Å². The zero-order chi connectivity index (χ0) is 24.9. The van der Waals surface area contributed by atoms with E-state index in [-0.39, 0.29) is 12.0 Å². The van der Waals surface area contributed by atoms with Crippen molar-refractivity contribution in [1.82, 2.24) is 10.6 Å². The maximum atomic E-state index is 12.5. The van der Waals surface area contributed by atoms with Crippen molar-refractivity contribution in [3.8, 4) is 5.75 Å². The lowest BCUT2D eigenvalue weighted by atomic mass is 9.93. The van der Waals surface area contributed by atoms with Gasteiger partial charge in [-0.05, 0) is 54.5 Å². The van der Waals surface area contributed by atoms with Crippen molar-refractivity contribution < 1.29 is 8.95 Å². The molecule has 0 aliphatic rings. The maximum absolute atomic E-state index is 12.5. The van der Waals surface area contributed by atoms with Gasteiger partial charge in [0.05, 0.1) is 7.11 Å².